The Morgan fingerprint density at radius 3 is 2.08 bits per heavy atom. The lowest BCUT2D eigenvalue weighted by Gasteiger charge is -2.39. The van der Waals surface area contributed by atoms with Crippen LogP contribution >= 0.6 is 0 Å². The van der Waals surface area contributed by atoms with Crippen molar-refractivity contribution < 1.29 is 0 Å². The van der Waals surface area contributed by atoms with Gasteiger partial charge in [-0.2, -0.15) is 0 Å². The average molecular weight is 501 g/mol. The molecule has 0 amide bonds. The van der Waals surface area contributed by atoms with Crippen LogP contribution < -0.4 is 4.90 Å². The summed E-state index contributed by atoms with van der Waals surface area (Å²) in [5.41, 5.74) is 9.92. The van der Waals surface area contributed by atoms with E-state index >= 15 is 0 Å². The summed E-state index contributed by atoms with van der Waals surface area (Å²) in [6.07, 6.45) is 9.11. The number of anilines is 2. The van der Waals surface area contributed by atoms with Crippen molar-refractivity contribution in [2.75, 3.05) is 4.90 Å². The van der Waals surface area contributed by atoms with Crippen LogP contribution in [0.25, 0.3) is 38.6 Å². The maximum absolute atomic E-state index is 2.51. The summed E-state index contributed by atoms with van der Waals surface area (Å²) in [6.45, 7) is 2.36. The molecular formula is C37H28N2. The highest BCUT2D eigenvalue weighted by molar-refractivity contribution is 6.10. The van der Waals surface area contributed by atoms with Crippen LogP contribution in [-0.4, -0.2) is 10.1 Å². The van der Waals surface area contributed by atoms with Crippen molar-refractivity contribution in [3.63, 3.8) is 0 Å². The van der Waals surface area contributed by atoms with Crippen LogP contribution in [0.3, 0.4) is 0 Å². The molecule has 2 nitrogen and oxygen atoms in total. The number of benzene rings is 5. The molecule has 2 aliphatic rings. The Balaban J connectivity index is 1.30. The van der Waals surface area contributed by atoms with Gasteiger partial charge in [-0.3, -0.25) is 0 Å². The Hall–Kier alpha value is -4.82. The van der Waals surface area contributed by atoms with E-state index in [0.29, 0.717) is 5.92 Å². The van der Waals surface area contributed by atoms with Gasteiger partial charge >= 0.3 is 0 Å². The molecule has 0 saturated heterocycles. The third-order valence-electron chi connectivity index (χ3n) is 8.60. The summed E-state index contributed by atoms with van der Waals surface area (Å²) < 4.78 is 2.37. The van der Waals surface area contributed by atoms with Crippen LogP contribution in [0.1, 0.15) is 18.4 Å². The van der Waals surface area contributed by atoms with E-state index in [2.05, 4.69) is 162 Å². The van der Waals surface area contributed by atoms with E-state index in [0.717, 1.165) is 0 Å². The monoisotopic (exact) mass is 500 g/mol. The number of allylic oxidation sites excluding steroid dienone is 2. The smallest absolute Gasteiger partial charge is 0.0712 e. The first-order chi connectivity index (χ1) is 19.2. The predicted molar refractivity (Wildman–Crippen MR) is 164 cm³/mol. The van der Waals surface area contributed by atoms with E-state index in [9.17, 15) is 0 Å². The Kier molecular flexibility index (Phi) is 4.75. The van der Waals surface area contributed by atoms with E-state index < -0.39 is 0 Å². The van der Waals surface area contributed by atoms with Crippen LogP contribution in [0.15, 0.2) is 146 Å². The third-order valence-corrected chi connectivity index (χ3v) is 8.60. The minimum absolute atomic E-state index is 0.135. The molecule has 2 atom stereocenters. The van der Waals surface area contributed by atoms with Gasteiger partial charge in [0.05, 0.1) is 16.6 Å². The molecule has 1 aromatic heterocycles. The fourth-order valence-electron chi connectivity index (χ4n) is 6.80. The van der Waals surface area contributed by atoms with Crippen LogP contribution in [0.2, 0.25) is 0 Å². The highest BCUT2D eigenvalue weighted by atomic mass is 15.2. The molecule has 0 radical (unpaired) electrons. The molecule has 6 aromatic rings. The summed E-state index contributed by atoms with van der Waals surface area (Å²) in [4.78, 5) is 2.51. The highest BCUT2D eigenvalue weighted by Gasteiger charge is 2.46. The molecule has 0 bridgehead atoms. The lowest BCUT2D eigenvalue weighted by molar-refractivity contribution is 0.542. The lowest BCUT2D eigenvalue weighted by atomic mass is 9.80. The SMILES string of the molecule is CC12C=CC=CC1c1cc(-c3ccc4c(c3)c3ccccc3n4-c3ccccc3)ccc1N2c1ccccc1. The van der Waals surface area contributed by atoms with Crippen LogP contribution in [0.5, 0.6) is 0 Å². The van der Waals surface area contributed by atoms with Crippen molar-refractivity contribution in [1.82, 2.24) is 4.57 Å². The number of nitrogens with zero attached hydrogens (tertiary/aromatic N) is 2. The predicted octanol–water partition coefficient (Wildman–Crippen LogP) is 9.57. The Morgan fingerprint density at radius 2 is 1.26 bits per heavy atom. The summed E-state index contributed by atoms with van der Waals surface area (Å²) in [7, 11) is 0. The van der Waals surface area contributed by atoms with E-state index in [1.807, 2.05) is 0 Å². The Bertz CT molecular complexity index is 1930. The Morgan fingerprint density at radius 1 is 0.590 bits per heavy atom. The van der Waals surface area contributed by atoms with Crippen molar-refractivity contribution in [2.24, 2.45) is 0 Å². The van der Waals surface area contributed by atoms with E-state index in [4.69, 9.17) is 0 Å². The van der Waals surface area contributed by atoms with Gasteiger partial charge in [0.15, 0.2) is 0 Å². The molecule has 186 valence electrons. The van der Waals surface area contributed by atoms with Gasteiger partial charge in [-0.15, -0.1) is 0 Å². The van der Waals surface area contributed by atoms with Gasteiger partial charge in [0.25, 0.3) is 0 Å². The van der Waals surface area contributed by atoms with Gasteiger partial charge in [0.2, 0.25) is 0 Å². The zero-order valence-electron chi connectivity index (χ0n) is 21.8. The first-order valence-corrected chi connectivity index (χ1v) is 13.7. The second kappa shape index (κ2) is 8.34. The largest absolute Gasteiger partial charge is 0.331 e. The first kappa shape index (κ1) is 22.2. The third kappa shape index (κ3) is 3.21. The second-order valence-electron chi connectivity index (χ2n) is 10.8. The summed E-state index contributed by atoms with van der Waals surface area (Å²) in [5.74, 6) is 0.293. The molecule has 0 spiro atoms. The van der Waals surface area contributed by atoms with Gasteiger partial charge in [-0.1, -0.05) is 91.0 Å². The molecule has 5 aromatic carbocycles. The molecule has 1 aliphatic heterocycles. The minimum Gasteiger partial charge on any atom is -0.331 e. The number of fused-ring (bicyclic) bond motifs is 6. The highest BCUT2D eigenvalue weighted by Crippen LogP contribution is 2.54. The summed E-state index contributed by atoms with van der Waals surface area (Å²) in [5, 5.41) is 2.56. The molecule has 0 saturated carbocycles. The van der Waals surface area contributed by atoms with Gasteiger partial charge in [0, 0.05) is 33.8 Å². The van der Waals surface area contributed by atoms with E-state index in [1.54, 1.807) is 0 Å². The molecule has 0 fully saturated rings. The topological polar surface area (TPSA) is 8.17 Å². The van der Waals surface area contributed by atoms with Gasteiger partial charge < -0.3 is 9.47 Å². The number of hydrogen-bond donors (Lipinski definition) is 0. The maximum Gasteiger partial charge on any atom is 0.0712 e. The standard InChI is InChI=1S/C37H28N2/c1-37-23-11-10-17-33(37)32-25-27(20-22-36(32)39(37)29-14-6-3-7-15-29)26-19-21-35-31(24-26)30-16-8-9-18-34(30)38(35)28-12-4-2-5-13-28/h2-25,33H,1H3. The zero-order chi connectivity index (χ0) is 26.0. The molecule has 1 aliphatic carbocycles. The zero-order valence-corrected chi connectivity index (χ0v) is 21.8. The first-order valence-electron chi connectivity index (χ1n) is 13.7. The van der Waals surface area contributed by atoms with Crippen LogP contribution in [0, 0.1) is 0 Å². The molecule has 8 rings (SSSR count). The molecule has 39 heavy (non-hydrogen) atoms. The molecule has 2 unspecified atom stereocenters. The number of hydrogen-bond acceptors (Lipinski definition) is 1. The average Bonchev–Trinajstić information content (AvgIpc) is 3.46. The fourth-order valence-corrected chi connectivity index (χ4v) is 6.80. The number of para-hydroxylation sites is 3. The minimum atomic E-state index is -0.135. The molecule has 2 heterocycles. The van der Waals surface area contributed by atoms with E-state index in [1.165, 1.54) is 55.6 Å². The van der Waals surface area contributed by atoms with Crippen molar-refractivity contribution in [2.45, 2.75) is 18.4 Å². The normalized spacial score (nSPS) is 19.5. The maximum atomic E-state index is 2.51. The molecule has 0 N–H and O–H groups in total. The van der Waals surface area contributed by atoms with Gasteiger partial charge in [0.1, 0.15) is 0 Å². The molecular weight excluding hydrogens is 472 g/mol. The summed E-state index contributed by atoms with van der Waals surface area (Å²) >= 11 is 0. The summed E-state index contributed by atoms with van der Waals surface area (Å²) in [6, 6.07) is 44.1. The quantitative estimate of drug-likeness (QED) is 0.235. The molecule has 2 heteroatoms. The van der Waals surface area contributed by atoms with Gasteiger partial charge in [-0.25, -0.2) is 0 Å². The Labute approximate surface area is 228 Å². The van der Waals surface area contributed by atoms with Crippen LogP contribution in [0.4, 0.5) is 11.4 Å². The van der Waals surface area contributed by atoms with Crippen LogP contribution in [-0.2, 0) is 0 Å². The van der Waals surface area contributed by atoms with Crippen molar-refractivity contribution in [1.29, 1.82) is 0 Å². The number of rotatable bonds is 3. The fraction of sp³-hybridized carbons (Fsp3) is 0.0811. The van der Waals surface area contributed by atoms with Crippen molar-refractivity contribution >= 4 is 33.2 Å². The number of aromatic nitrogens is 1. The van der Waals surface area contributed by atoms with Crippen molar-refractivity contribution in [3.05, 3.63) is 151 Å². The lowest BCUT2D eigenvalue weighted by Crippen LogP contribution is -2.41. The van der Waals surface area contributed by atoms with E-state index in [-0.39, 0.29) is 5.54 Å². The van der Waals surface area contributed by atoms with Gasteiger partial charge in [-0.05, 0) is 78.2 Å². The second-order valence-corrected chi connectivity index (χ2v) is 10.8. The van der Waals surface area contributed by atoms with Crippen molar-refractivity contribution in [3.8, 4) is 16.8 Å².